The number of hydrogen-bond donors (Lipinski definition) is 1. The van der Waals surface area contributed by atoms with Crippen molar-refractivity contribution in [1.82, 2.24) is 0 Å². The second kappa shape index (κ2) is 3.72. The van der Waals surface area contributed by atoms with Gasteiger partial charge in [-0.15, -0.1) is 0 Å². The number of nitrogens with two attached hydrogens (primary N) is 1. The van der Waals surface area contributed by atoms with Gasteiger partial charge in [0.05, 0.1) is 12.9 Å². The summed E-state index contributed by atoms with van der Waals surface area (Å²) in [6.45, 7) is 5.85. The fourth-order valence-corrected chi connectivity index (χ4v) is 0.841. The van der Waals surface area contributed by atoms with E-state index in [0.29, 0.717) is 0 Å². The maximum absolute atomic E-state index is 10.6. The van der Waals surface area contributed by atoms with E-state index in [1.807, 2.05) is 20.8 Å². The molecule has 0 aromatic rings. The van der Waals surface area contributed by atoms with Gasteiger partial charge in [-0.1, -0.05) is 20.8 Å². The minimum absolute atomic E-state index is 0.0440. The lowest BCUT2D eigenvalue weighted by Crippen LogP contribution is -2.39. The highest BCUT2D eigenvalue weighted by Gasteiger charge is 2.21. The summed E-state index contributed by atoms with van der Waals surface area (Å²) in [7, 11) is -3.36. The lowest BCUT2D eigenvalue weighted by Gasteiger charge is -2.25. The van der Waals surface area contributed by atoms with E-state index >= 15 is 0 Å². The van der Waals surface area contributed by atoms with Gasteiger partial charge in [0.1, 0.15) is 0 Å². The molecule has 0 bridgehead atoms. The predicted molar refractivity (Wildman–Crippen MR) is 48.2 cm³/mol. The molecule has 1 atom stereocenters. The minimum atomic E-state index is -3.36. The summed E-state index contributed by atoms with van der Waals surface area (Å²) in [4.78, 5) is 0. The maximum atomic E-state index is 10.6. The Labute approximate surface area is 74.2 Å². The summed E-state index contributed by atoms with van der Waals surface area (Å²) < 4.78 is 25.7. The minimum Gasteiger partial charge on any atom is -0.325 e. The van der Waals surface area contributed by atoms with Crippen molar-refractivity contribution in [2.24, 2.45) is 11.1 Å². The summed E-state index contributed by atoms with van der Waals surface area (Å²) >= 11 is 0. The van der Waals surface area contributed by atoms with Gasteiger partial charge in [0.2, 0.25) is 0 Å². The van der Waals surface area contributed by atoms with Gasteiger partial charge in [-0.25, -0.2) is 0 Å². The van der Waals surface area contributed by atoms with Crippen LogP contribution in [-0.2, 0) is 14.3 Å². The molecule has 0 radical (unpaired) electrons. The fraction of sp³-hybridized carbons (Fsp3) is 1.00. The first-order valence-electron chi connectivity index (χ1n) is 3.73. The third kappa shape index (κ3) is 5.51. The summed E-state index contributed by atoms with van der Waals surface area (Å²) in [6.07, 6.45) is 1.02. The molecule has 0 rings (SSSR count). The second-order valence-corrected chi connectivity index (χ2v) is 5.61. The summed E-state index contributed by atoms with van der Waals surface area (Å²) in [6, 6.07) is -0.271. The molecule has 0 saturated heterocycles. The smallest absolute Gasteiger partial charge is 0.264 e. The molecule has 74 valence electrons. The number of hydrogen-bond acceptors (Lipinski definition) is 4. The van der Waals surface area contributed by atoms with E-state index in [1.165, 1.54) is 0 Å². The molecule has 2 N–H and O–H groups in total. The van der Waals surface area contributed by atoms with Crippen molar-refractivity contribution < 1.29 is 12.6 Å². The van der Waals surface area contributed by atoms with Gasteiger partial charge >= 0.3 is 0 Å². The molecule has 12 heavy (non-hydrogen) atoms. The molecule has 4 nitrogen and oxygen atoms in total. The van der Waals surface area contributed by atoms with Crippen molar-refractivity contribution >= 4 is 10.1 Å². The molecule has 0 heterocycles. The number of rotatable bonds is 3. The van der Waals surface area contributed by atoms with Crippen LogP contribution in [0.2, 0.25) is 0 Å². The SMILES string of the molecule is CC(C)(C)C(N)COS(C)(=O)=O. The van der Waals surface area contributed by atoms with Crippen LogP contribution >= 0.6 is 0 Å². The monoisotopic (exact) mass is 195 g/mol. The Morgan fingerprint density at radius 1 is 1.42 bits per heavy atom. The topological polar surface area (TPSA) is 69.4 Å². The quantitative estimate of drug-likeness (QED) is 0.659. The van der Waals surface area contributed by atoms with E-state index in [1.54, 1.807) is 0 Å². The Bertz CT molecular complexity index is 228. The van der Waals surface area contributed by atoms with Gasteiger partial charge < -0.3 is 5.73 Å². The largest absolute Gasteiger partial charge is 0.325 e. The highest BCUT2D eigenvalue weighted by atomic mass is 32.2. The fourth-order valence-electron chi connectivity index (χ4n) is 0.447. The molecule has 0 amide bonds. The van der Waals surface area contributed by atoms with Crippen LogP contribution < -0.4 is 5.73 Å². The van der Waals surface area contributed by atoms with Gasteiger partial charge in [-0.3, -0.25) is 4.18 Å². The average Bonchev–Trinajstić information content (AvgIpc) is 1.78. The van der Waals surface area contributed by atoms with E-state index in [2.05, 4.69) is 4.18 Å². The van der Waals surface area contributed by atoms with Gasteiger partial charge in [-0.2, -0.15) is 8.42 Å². The van der Waals surface area contributed by atoms with Crippen LogP contribution in [0.4, 0.5) is 0 Å². The third-order valence-electron chi connectivity index (χ3n) is 1.57. The van der Waals surface area contributed by atoms with E-state index in [0.717, 1.165) is 6.26 Å². The van der Waals surface area contributed by atoms with E-state index in [-0.39, 0.29) is 18.1 Å². The van der Waals surface area contributed by atoms with Crippen LogP contribution in [0, 0.1) is 5.41 Å². The predicted octanol–water partition coefficient (Wildman–Crippen LogP) is 0.336. The highest BCUT2D eigenvalue weighted by molar-refractivity contribution is 7.85. The van der Waals surface area contributed by atoms with Crippen molar-refractivity contribution in [1.29, 1.82) is 0 Å². The molecule has 0 aromatic carbocycles. The molecular formula is C7H17NO3S. The van der Waals surface area contributed by atoms with E-state index in [4.69, 9.17) is 5.73 Å². The lowest BCUT2D eigenvalue weighted by molar-refractivity contribution is 0.211. The Morgan fingerprint density at radius 3 is 2.08 bits per heavy atom. The summed E-state index contributed by atoms with van der Waals surface area (Å²) in [5, 5.41) is 0. The standard InChI is InChI=1S/C7H17NO3S/c1-7(2,3)6(8)5-11-12(4,9)10/h6H,5,8H2,1-4H3. The average molecular weight is 195 g/mol. The van der Waals surface area contributed by atoms with Gasteiger partial charge in [0.15, 0.2) is 0 Å². The van der Waals surface area contributed by atoms with Crippen LogP contribution in [0.5, 0.6) is 0 Å². The molecular weight excluding hydrogens is 178 g/mol. The van der Waals surface area contributed by atoms with Crippen LogP contribution in [0.1, 0.15) is 20.8 Å². The van der Waals surface area contributed by atoms with Gasteiger partial charge in [0.25, 0.3) is 10.1 Å². The Kier molecular flexibility index (Phi) is 3.68. The first kappa shape index (κ1) is 11.9. The van der Waals surface area contributed by atoms with Crippen LogP contribution in [0.3, 0.4) is 0 Å². The first-order chi connectivity index (χ1) is 5.13. The van der Waals surface area contributed by atoms with Crippen LogP contribution in [-0.4, -0.2) is 27.3 Å². The maximum Gasteiger partial charge on any atom is 0.264 e. The van der Waals surface area contributed by atoms with Crippen molar-refractivity contribution in [3.8, 4) is 0 Å². The van der Waals surface area contributed by atoms with Crippen molar-refractivity contribution in [2.75, 3.05) is 12.9 Å². The van der Waals surface area contributed by atoms with E-state index < -0.39 is 10.1 Å². The first-order valence-corrected chi connectivity index (χ1v) is 5.54. The summed E-state index contributed by atoms with van der Waals surface area (Å²) in [5.41, 5.74) is 5.53. The summed E-state index contributed by atoms with van der Waals surface area (Å²) in [5.74, 6) is 0. The normalized spacial score (nSPS) is 16.1. The molecule has 0 aliphatic heterocycles. The zero-order chi connectivity index (χ0) is 9.99. The van der Waals surface area contributed by atoms with Crippen LogP contribution in [0.25, 0.3) is 0 Å². The van der Waals surface area contributed by atoms with Gasteiger partial charge in [-0.05, 0) is 5.41 Å². The zero-order valence-corrected chi connectivity index (χ0v) is 8.81. The van der Waals surface area contributed by atoms with Crippen LogP contribution in [0.15, 0.2) is 0 Å². The molecule has 0 saturated carbocycles. The van der Waals surface area contributed by atoms with E-state index in [9.17, 15) is 8.42 Å². The molecule has 0 aliphatic carbocycles. The van der Waals surface area contributed by atoms with Crippen molar-refractivity contribution in [3.05, 3.63) is 0 Å². The molecule has 0 fully saturated rings. The Morgan fingerprint density at radius 2 is 1.83 bits per heavy atom. The highest BCUT2D eigenvalue weighted by Crippen LogP contribution is 2.17. The molecule has 0 aromatic heterocycles. The zero-order valence-electron chi connectivity index (χ0n) is 7.99. The third-order valence-corrected chi connectivity index (χ3v) is 2.14. The second-order valence-electron chi connectivity index (χ2n) is 3.96. The van der Waals surface area contributed by atoms with Crippen molar-refractivity contribution in [3.63, 3.8) is 0 Å². The Hall–Kier alpha value is -0.130. The lowest BCUT2D eigenvalue weighted by atomic mass is 9.88. The van der Waals surface area contributed by atoms with Gasteiger partial charge in [0, 0.05) is 6.04 Å². The Balaban J connectivity index is 3.97. The molecule has 1 unspecified atom stereocenters. The molecule has 0 aliphatic rings. The molecule has 5 heteroatoms. The van der Waals surface area contributed by atoms with Crippen molar-refractivity contribution in [2.45, 2.75) is 26.8 Å². The molecule has 0 spiro atoms.